The molecule has 0 unspecified atom stereocenters. The molecule has 1 saturated heterocycles. The largest absolute Gasteiger partial charge is 0.323 e. The molecule has 3 heterocycles. The van der Waals surface area contributed by atoms with Crippen LogP contribution < -0.4 is 10.2 Å². The van der Waals surface area contributed by atoms with Crippen molar-refractivity contribution in [1.29, 1.82) is 0 Å². The SMILES string of the molecule is O=C1CCCN1c1ccc(Nc2ncc(F)c(-c3cccc(C4CC4)c3)n2)cn1. The summed E-state index contributed by atoms with van der Waals surface area (Å²) >= 11 is 0. The van der Waals surface area contributed by atoms with Crippen molar-refractivity contribution in [3.63, 3.8) is 0 Å². The average Bonchev–Trinajstić information content (AvgIpc) is 3.51. The van der Waals surface area contributed by atoms with E-state index >= 15 is 0 Å². The summed E-state index contributed by atoms with van der Waals surface area (Å²) in [6, 6.07) is 11.5. The molecule has 1 N–H and O–H groups in total. The van der Waals surface area contributed by atoms with Gasteiger partial charge in [0.2, 0.25) is 11.9 Å². The van der Waals surface area contributed by atoms with E-state index < -0.39 is 5.82 Å². The Hall–Kier alpha value is -3.35. The average molecular weight is 389 g/mol. The number of hydrogen-bond donors (Lipinski definition) is 1. The molecule has 0 spiro atoms. The quantitative estimate of drug-likeness (QED) is 0.699. The Bertz CT molecular complexity index is 1070. The van der Waals surface area contributed by atoms with Crippen molar-refractivity contribution in [3.05, 3.63) is 60.2 Å². The van der Waals surface area contributed by atoms with Gasteiger partial charge in [0, 0.05) is 18.5 Å². The molecule has 1 aliphatic heterocycles. The lowest BCUT2D eigenvalue weighted by atomic mass is 10.0. The summed E-state index contributed by atoms with van der Waals surface area (Å²) in [5.41, 5.74) is 2.92. The number of halogens is 1. The van der Waals surface area contributed by atoms with Crippen LogP contribution in [0.4, 0.5) is 21.8 Å². The zero-order valence-corrected chi connectivity index (χ0v) is 15.8. The Morgan fingerprint density at radius 2 is 2.00 bits per heavy atom. The van der Waals surface area contributed by atoms with Gasteiger partial charge in [0.25, 0.3) is 0 Å². The minimum atomic E-state index is -0.454. The number of anilines is 3. The van der Waals surface area contributed by atoms with E-state index in [4.69, 9.17) is 0 Å². The Labute approximate surface area is 167 Å². The number of aromatic nitrogens is 3. The highest BCUT2D eigenvalue weighted by Crippen LogP contribution is 2.41. The van der Waals surface area contributed by atoms with Crippen molar-refractivity contribution in [1.82, 2.24) is 15.0 Å². The summed E-state index contributed by atoms with van der Waals surface area (Å²) in [5.74, 6) is 1.16. The van der Waals surface area contributed by atoms with Gasteiger partial charge in [0.15, 0.2) is 5.82 Å². The molecule has 7 heteroatoms. The van der Waals surface area contributed by atoms with Gasteiger partial charge in [-0.05, 0) is 48.9 Å². The van der Waals surface area contributed by atoms with Gasteiger partial charge in [-0.15, -0.1) is 0 Å². The molecule has 29 heavy (non-hydrogen) atoms. The zero-order chi connectivity index (χ0) is 19.8. The molecule has 3 aromatic rings. The van der Waals surface area contributed by atoms with Gasteiger partial charge in [-0.1, -0.05) is 18.2 Å². The van der Waals surface area contributed by atoms with Crippen LogP contribution in [0.2, 0.25) is 0 Å². The van der Waals surface area contributed by atoms with Gasteiger partial charge >= 0.3 is 0 Å². The fraction of sp³-hybridized carbons (Fsp3) is 0.273. The number of pyridine rings is 1. The number of hydrogen-bond acceptors (Lipinski definition) is 5. The van der Waals surface area contributed by atoms with Crippen LogP contribution >= 0.6 is 0 Å². The first-order valence-corrected chi connectivity index (χ1v) is 9.84. The van der Waals surface area contributed by atoms with Crippen LogP contribution in [0.15, 0.2) is 48.8 Å². The molecule has 2 aliphatic rings. The third kappa shape index (κ3) is 3.68. The fourth-order valence-corrected chi connectivity index (χ4v) is 3.63. The van der Waals surface area contributed by atoms with E-state index in [2.05, 4.69) is 26.3 Å². The second-order valence-corrected chi connectivity index (χ2v) is 7.47. The highest BCUT2D eigenvalue weighted by Gasteiger charge is 2.24. The second-order valence-electron chi connectivity index (χ2n) is 7.47. The number of carbonyl (C=O) groups is 1. The van der Waals surface area contributed by atoms with Gasteiger partial charge in [-0.3, -0.25) is 9.69 Å². The normalized spacial score (nSPS) is 16.3. The van der Waals surface area contributed by atoms with E-state index in [1.165, 1.54) is 24.6 Å². The maximum Gasteiger partial charge on any atom is 0.228 e. The summed E-state index contributed by atoms with van der Waals surface area (Å²) in [5, 5.41) is 3.07. The zero-order valence-electron chi connectivity index (χ0n) is 15.8. The molecule has 2 fully saturated rings. The van der Waals surface area contributed by atoms with Gasteiger partial charge in [0.1, 0.15) is 11.5 Å². The number of benzene rings is 1. The van der Waals surface area contributed by atoms with Crippen molar-refractivity contribution in [2.24, 2.45) is 0 Å². The molecular formula is C22H20FN5O. The van der Waals surface area contributed by atoms with Gasteiger partial charge < -0.3 is 5.32 Å². The van der Waals surface area contributed by atoms with Crippen molar-refractivity contribution in [2.75, 3.05) is 16.8 Å². The van der Waals surface area contributed by atoms with E-state index in [-0.39, 0.29) is 11.6 Å². The molecular weight excluding hydrogens is 369 g/mol. The van der Waals surface area contributed by atoms with E-state index in [0.717, 1.165) is 12.0 Å². The number of nitrogens with one attached hydrogen (secondary N) is 1. The summed E-state index contributed by atoms with van der Waals surface area (Å²) in [6.07, 6.45) is 6.60. The molecule has 6 nitrogen and oxygen atoms in total. The van der Waals surface area contributed by atoms with Crippen LogP contribution in [0.1, 0.15) is 37.2 Å². The summed E-state index contributed by atoms with van der Waals surface area (Å²) in [4.78, 5) is 26.3. The standard InChI is InChI=1S/C22H20FN5O/c23-18-13-25-22(27-21(18)16-4-1-3-15(11-16)14-6-7-14)26-17-8-9-19(24-12-17)28-10-2-5-20(28)29/h1,3-4,8-9,11-14H,2,5-7,10H2,(H,25,26,27). The van der Waals surface area contributed by atoms with Crippen LogP contribution in [-0.2, 0) is 4.79 Å². The van der Waals surface area contributed by atoms with E-state index in [9.17, 15) is 9.18 Å². The van der Waals surface area contributed by atoms with Gasteiger partial charge in [-0.25, -0.2) is 19.3 Å². The molecule has 1 amide bonds. The first kappa shape index (κ1) is 17.7. The molecule has 1 saturated carbocycles. The second kappa shape index (κ2) is 7.24. The minimum absolute atomic E-state index is 0.0955. The molecule has 1 aliphatic carbocycles. The Morgan fingerprint density at radius 1 is 1.10 bits per heavy atom. The van der Waals surface area contributed by atoms with Crippen molar-refractivity contribution in [2.45, 2.75) is 31.6 Å². The highest BCUT2D eigenvalue weighted by atomic mass is 19.1. The van der Waals surface area contributed by atoms with E-state index in [1.807, 2.05) is 24.3 Å². The van der Waals surface area contributed by atoms with Crippen LogP contribution in [0.25, 0.3) is 11.3 Å². The molecule has 146 valence electrons. The van der Waals surface area contributed by atoms with Crippen LogP contribution in [0.3, 0.4) is 0 Å². The molecule has 5 rings (SSSR count). The number of nitrogens with zero attached hydrogens (tertiary/aromatic N) is 4. The first-order chi connectivity index (χ1) is 14.2. The van der Waals surface area contributed by atoms with Crippen molar-refractivity contribution < 1.29 is 9.18 Å². The summed E-state index contributed by atoms with van der Waals surface area (Å²) in [6.45, 7) is 0.697. The predicted octanol–water partition coefficient (Wildman–Crippen LogP) is 4.43. The smallest absolute Gasteiger partial charge is 0.228 e. The third-order valence-electron chi connectivity index (χ3n) is 5.31. The number of amides is 1. The van der Waals surface area contributed by atoms with Crippen molar-refractivity contribution >= 4 is 23.4 Å². The topological polar surface area (TPSA) is 71.0 Å². The molecule has 0 radical (unpaired) electrons. The molecule has 1 aromatic carbocycles. The van der Waals surface area contributed by atoms with Crippen molar-refractivity contribution in [3.8, 4) is 11.3 Å². The van der Waals surface area contributed by atoms with Crippen LogP contribution in [0.5, 0.6) is 0 Å². The maximum atomic E-state index is 14.4. The lowest BCUT2D eigenvalue weighted by Gasteiger charge is -2.14. The lowest BCUT2D eigenvalue weighted by molar-refractivity contribution is -0.117. The Kier molecular flexibility index (Phi) is 4.42. The minimum Gasteiger partial charge on any atom is -0.323 e. The van der Waals surface area contributed by atoms with Crippen LogP contribution in [-0.4, -0.2) is 27.4 Å². The maximum absolute atomic E-state index is 14.4. The molecule has 2 aromatic heterocycles. The third-order valence-corrected chi connectivity index (χ3v) is 5.31. The first-order valence-electron chi connectivity index (χ1n) is 9.84. The van der Waals surface area contributed by atoms with Crippen LogP contribution in [0, 0.1) is 5.82 Å². The Morgan fingerprint density at radius 3 is 2.72 bits per heavy atom. The number of carbonyl (C=O) groups excluding carboxylic acids is 1. The Balaban J connectivity index is 1.37. The lowest BCUT2D eigenvalue weighted by Crippen LogP contribution is -2.24. The number of rotatable bonds is 5. The summed E-state index contributed by atoms with van der Waals surface area (Å²) in [7, 11) is 0. The fourth-order valence-electron chi connectivity index (χ4n) is 3.63. The summed E-state index contributed by atoms with van der Waals surface area (Å²) < 4.78 is 14.4. The monoisotopic (exact) mass is 389 g/mol. The predicted molar refractivity (Wildman–Crippen MR) is 109 cm³/mol. The molecule has 0 bridgehead atoms. The highest BCUT2D eigenvalue weighted by molar-refractivity contribution is 5.94. The van der Waals surface area contributed by atoms with Gasteiger partial charge in [0.05, 0.1) is 18.1 Å². The van der Waals surface area contributed by atoms with E-state index in [1.54, 1.807) is 17.2 Å². The van der Waals surface area contributed by atoms with Gasteiger partial charge in [-0.2, -0.15) is 0 Å². The molecule has 0 atom stereocenters. The van der Waals surface area contributed by atoms with E-state index in [0.29, 0.717) is 36.3 Å².